The average molecular weight is 253 g/mol. The molecule has 0 spiro atoms. The molecule has 3 heteroatoms. The van der Waals surface area contributed by atoms with E-state index in [1.54, 1.807) is 0 Å². The van der Waals surface area contributed by atoms with Crippen LogP contribution in [0.1, 0.15) is 44.9 Å². The Morgan fingerprint density at radius 2 is 1.83 bits per heavy atom. The van der Waals surface area contributed by atoms with Gasteiger partial charge in [-0.15, -0.1) is 0 Å². The molecule has 0 aromatic heterocycles. The summed E-state index contributed by atoms with van der Waals surface area (Å²) < 4.78 is 0. The monoisotopic (exact) mass is 253 g/mol. The standard InChI is InChI=1S/C15H31N3/c1-17(2)15(9-4-5-10-15)13-16-14-7-6-11-18(3)12-8-14/h14,16H,4-13H2,1-3H3. The highest BCUT2D eigenvalue weighted by Crippen LogP contribution is 2.33. The summed E-state index contributed by atoms with van der Waals surface area (Å²) in [5.41, 5.74) is 0.443. The van der Waals surface area contributed by atoms with Gasteiger partial charge in [0.25, 0.3) is 0 Å². The van der Waals surface area contributed by atoms with Crippen LogP contribution >= 0.6 is 0 Å². The molecule has 2 aliphatic rings. The smallest absolute Gasteiger partial charge is 0.0327 e. The van der Waals surface area contributed by atoms with Crippen molar-refractivity contribution in [2.75, 3.05) is 40.8 Å². The molecule has 1 N–H and O–H groups in total. The number of likely N-dealkylation sites (N-methyl/N-ethyl adjacent to an activating group) is 1. The van der Waals surface area contributed by atoms with Gasteiger partial charge in [-0.2, -0.15) is 0 Å². The van der Waals surface area contributed by atoms with Crippen LogP contribution in [0.2, 0.25) is 0 Å². The Labute approximate surface area is 113 Å². The van der Waals surface area contributed by atoms with E-state index in [0.717, 1.165) is 6.04 Å². The molecule has 106 valence electrons. The van der Waals surface area contributed by atoms with Gasteiger partial charge in [0, 0.05) is 18.1 Å². The molecule has 1 saturated heterocycles. The van der Waals surface area contributed by atoms with Crippen molar-refractivity contribution >= 4 is 0 Å². The van der Waals surface area contributed by atoms with Crippen molar-refractivity contribution in [3.8, 4) is 0 Å². The first-order valence-electron chi connectivity index (χ1n) is 7.72. The first-order chi connectivity index (χ1) is 8.62. The Morgan fingerprint density at radius 1 is 1.11 bits per heavy atom. The summed E-state index contributed by atoms with van der Waals surface area (Å²) in [5, 5.41) is 3.88. The van der Waals surface area contributed by atoms with Crippen LogP contribution in [0.15, 0.2) is 0 Å². The molecule has 1 aliphatic heterocycles. The zero-order valence-electron chi connectivity index (χ0n) is 12.5. The predicted octanol–water partition coefficient (Wildman–Crippen LogP) is 1.93. The van der Waals surface area contributed by atoms with Crippen molar-refractivity contribution in [2.24, 2.45) is 0 Å². The molecule has 1 atom stereocenters. The minimum atomic E-state index is 0.443. The number of hydrogen-bond acceptors (Lipinski definition) is 3. The maximum absolute atomic E-state index is 3.88. The van der Waals surface area contributed by atoms with Crippen LogP contribution in [0.25, 0.3) is 0 Å². The number of rotatable bonds is 4. The quantitative estimate of drug-likeness (QED) is 0.826. The minimum Gasteiger partial charge on any atom is -0.312 e. The summed E-state index contributed by atoms with van der Waals surface area (Å²) in [4.78, 5) is 4.94. The second-order valence-corrected chi connectivity index (χ2v) is 6.64. The lowest BCUT2D eigenvalue weighted by Crippen LogP contribution is -2.51. The largest absolute Gasteiger partial charge is 0.312 e. The summed E-state index contributed by atoms with van der Waals surface area (Å²) in [7, 11) is 6.77. The van der Waals surface area contributed by atoms with Crippen LogP contribution in [-0.2, 0) is 0 Å². The van der Waals surface area contributed by atoms with Crippen LogP contribution in [0.3, 0.4) is 0 Å². The fraction of sp³-hybridized carbons (Fsp3) is 1.00. The zero-order chi connectivity index (χ0) is 13.0. The molecule has 1 aliphatic carbocycles. The van der Waals surface area contributed by atoms with Gasteiger partial charge in [0.2, 0.25) is 0 Å². The topological polar surface area (TPSA) is 18.5 Å². The lowest BCUT2D eigenvalue weighted by Gasteiger charge is -2.38. The molecular formula is C15H31N3. The zero-order valence-corrected chi connectivity index (χ0v) is 12.5. The molecule has 18 heavy (non-hydrogen) atoms. The average Bonchev–Trinajstić information content (AvgIpc) is 2.73. The van der Waals surface area contributed by atoms with Crippen LogP contribution < -0.4 is 5.32 Å². The van der Waals surface area contributed by atoms with Gasteiger partial charge >= 0.3 is 0 Å². The van der Waals surface area contributed by atoms with E-state index in [4.69, 9.17) is 0 Å². The first kappa shape index (κ1) is 14.3. The van der Waals surface area contributed by atoms with Crippen molar-refractivity contribution < 1.29 is 0 Å². The fourth-order valence-corrected chi connectivity index (χ4v) is 3.59. The van der Waals surface area contributed by atoms with Crippen LogP contribution in [0, 0.1) is 0 Å². The van der Waals surface area contributed by atoms with E-state index in [-0.39, 0.29) is 0 Å². The van der Waals surface area contributed by atoms with Gasteiger partial charge in [0.1, 0.15) is 0 Å². The molecule has 1 saturated carbocycles. The van der Waals surface area contributed by atoms with Gasteiger partial charge in [-0.3, -0.25) is 0 Å². The molecule has 0 aromatic carbocycles. The third-order valence-electron chi connectivity index (χ3n) is 5.15. The van der Waals surface area contributed by atoms with E-state index < -0.39 is 0 Å². The van der Waals surface area contributed by atoms with Gasteiger partial charge < -0.3 is 15.1 Å². The molecular weight excluding hydrogens is 222 g/mol. The van der Waals surface area contributed by atoms with Gasteiger partial charge in [0.15, 0.2) is 0 Å². The van der Waals surface area contributed by atoms with Gasteiger partial charge in [-0.25, -0.2) is 0 Å². The number of hydrogen-bond donors (Lipinski definition) is 1. The highest BCUT2D eigenvalue weighted by atomic mass is 15.2. The Morgan fingerprint density at radius 3 is 2.50 bits per heavy atom. The molecule has 3 nitrogen and oxygen atoms in total. The Kier molecular flexibility index (Phi) is 5.05. The second-order valence-electron chi connectivity index (χ2n) is 6.64. The lowest BCUT2D eigenvalue weighted by atomic mass is 9.95. The summed E-state index contributed by atoms with van der Waals surface area (Å²) in [6, 6.07) is 0.743. The van der Waals surface area contributed by atoms with Crippen LogP contribution in [-0.4, -0.2) is 62.2 Å². The maximum Gasteiger partial charge on any atom is 0.0327 e. The predicted molar refractivity (Wildman–Crippen MR) is 78.0 cm³/mol. The van der Waals surface area contributed by atoms with Crippen molar-refractivity contribution in [1.82, 2.24) is 15.1 Å². The fourth-order valence-electron chi connectivity index (χ4n) is 3.59. The van der Waals surface area contributed by atoms with Gasteiger partial charge in [0.05, 0.1) is 0 Å². The molecule has 0 radical (unpaired) electrons. The number of likely N-dealkylation sites (tertiary alicyclic amines) is 1. The summed E-state index contributed by atoms with van der Waals surface area (Å²) >= 11 is 0. The highest BCUT2D eigenvalue weighted by Gasteiger charge is 2.36. The van der Waals surface area contributed by atoms with E-state index in [1.165, 1.54) is 64.6 Å². The van der Waals surface area contributed by atoms with E-state index >= 15 is 0 Å². The molecule has 2 rings (SSSR count). The maximum atomic E-state index is 3.88. The highest BCUT2D eigenvalue weighted by molar-refractivity contribution is 4.95. The van der Waals surface area contributed by atoms with E-state index in [1.807, 2.05) is 0 Å². The Bertz CT molecular complexity index is 246. The molecule has 0 amide bonds. The van der Waals surface area contributed by atoms with Crippen molar-refractivity contribution in [3.63, 3.8) is 0 Å². The van der Waals surface area contributed by atoms with E-state index in [2.05, 4.69) is 36.3 Å². The van der Waals surface area contributed by atoms with Crippen LogP contribution in [0.4, 0.5) is 0 Å². The molecule has 0 aromatic rings. The Balaban J connectivity index is 1.82. The number of nitrogens with one attached hydrogen (secondary N) is 1. The molecule has 2 fully saturated rings. The minimum absolute atomic E-state index is 0.443. The molecule has 0 bridgehead atoms. The van der Waals surface area contributed by atoms with E-state index in [9.17, 15) is 0 Å². The third kappa shape index (κ3) is 3.46. The molecule has 1 unspecified atom stereocenters. The summed E-state index contributed by atoms with van der Waals surface area (Å²) in [6.07, 6.45) is 9.59. The van der Waals surface area contributed by atoms with Gasteiger partial charge in [-0.1, -0.05) is 12.8 Å². The normalized spacial score (nSPS) is 29.7. The number of nitrogens with zero attached hydrogens (tertiary/aromatic N) is 2. The summed E-state index contributed by atoms with van der Waals surface area (Å²) in [6.45, 7) is 3.72. The van der Waals surface area contributed by atoms with Gasteiger partial charge in [-0.05, 0) is 66.3 Å². The second kappa shape index (κ2) is 6.36. The Hall–Kier alpha value is -0.120. The lowest BCUT2D eigenvalue weighted by molar-refractivity contribution is 0.147. The summed E-state index contributed by atoms with van der Waals surface area (Å²) in [5.74, 6) is 0. The van der Waals surface area contributed by atoms with Crippen LogP contribution in [0.5, 0.6) is 0 Å². The third-order valence-corrected chi connectivity index (χ3v) is 5.15. The first-order valence-corrected chi connectivity index (χ1v) is 7.72. The van der Waals surface area contributed by atoms with Crippen molar-refractivity contribution in [3.05, 3.63) is 0 Å². The SMILES string of the molecule is CN1CCCC(NCC2(N(C)C)CCCC2)CC1. The van der Waals surface area contributed by atoms with Crippen molar-refractivity contribution in [2.45, 2.75) is 56.5 Å². The molecule has 1 heterocycles. The van der Waals surface area contributed by atoms with E-state index in [0.29, 0.717) is 5.54 Å². The van der Waals surface area contributed by atoms with Crippen molar-refractivity contribution in [1.29, 1.82) is 0 Å².